The van der Waals surface area contributed by atoms with Gasteiger partial charge in [0.05, 0.1) is 17.2 Å². The highest BCUT2D eigenvalue weighted by atomic mass is 16.2. The third kappa shape index (κ3) is 3.07. The van der Waals surface area contributed by atoms with Crippen molar-refractivity contribution in [3.8, 4) is 0 Å². The van der Waals surface area contributed by atoms with Gasteiger partial charge in [-0.2, -0.15) is 0 Å². The van der Waals surface area contributed by atoms with Crippen LogP contribution in [0.25, 0.3) is 10.9 Å². The molecule has 0 bridgehead atoms. The number of benzene rings is 1. The van der Waals surface area contributed by atoms with Crippen molar-refractivity contribution in [1.82, 2.24) is 20.2 Å². The van der Waals surface area contributed by atoms with Crippen molar-refractivity contribution in [2.75, 3.05) is 0 Å². The molecule has 1 aliphatic carbocycles. The molecule has 0 spiro atoms. The second-order valence-corrected chi connectivity index (χ2v) is 4.99. The van der Waals surface area contributed by atoms with Gasteiger partial charge < -0.3 is 5.32 Å². The van der Waals surface area contributed by atoms with Gasteiger partial charge in [-0.15, -0.1) is 0 Å². The van der Waals surface area contributed by atoms with Gasteiger partial charge in [-0.25, -0.2) is 9.78 Å². The van der Waals surface area contributed by atoms with Gasteiger partial charge in [0.25, 0.3) is 5.56 Å². The predicted octanol–water partition coefficient (Wildman–Crippen LogP) is 0.385. The molecule has 0 radical (unpaired) electrons. The summed E-state index contributed by atoms with van der Waals surface area (Å²) in [5.74, 6) is -0.549. The average Bonchev–Trinajstić information content (AvgIpc) is 3.26. The minimum atomic E-state index is -0.549. The van der Waals surface area contributed by atoms with Crippen LogP contribution in [0.1, 0.15) is 12.8 Å². The Morgan fingerprint density at radius 2 is 2.05 bits per heavy atom. The summed E-state index contributed by atoms with van der Waals surface area (Å²) in [7, 11) is 0. The first-order chi connectivity index (χ1) is 10.1. The zero-order valence-electron chi connectivity index (χ0n) is 11.2. The minimum absolute atomic E-state index is 0.169. The van der Waals surface area contributed by atoms with Crippen molar-refractivity contribution >= 4 is 22.8 Å². The normalized spacial score (nSPS) is 13.9. The minimum Gasteiger partial charge on any atom is -0.335 e. The first-order valence-electron chi connectivity index (χ1n) is 6.68. The van der Waals surface area contributed by atoms with Crippen LogP contribution in [0.5, 0.6) is 0 Å². The third-order valence-electron chi connectivity index (χ3n) is 3.21. The number of rotatable bonds is 3. The maximum Gasteiger partial charge on any atom is 0.321 e. The summed E-state index contributed by atoms with van der Waals surface area (Å²) in [5.41, 5.74) is 0.268. The molecule has 1 fully saturated rings. The van der Waals surface area contributed by atoms with Crippen molar-refractivity contribution in [3.63, 3.8) is 0 Å². The van der Waals surface area contributed by atoms with Crippen LogP contribution in [0, 0.1) is 0 Å². The number of nitrogens with one attached hydrogen (secondary N) is 2. The molecule has 3 amide bonds. The fraction of sp³-hybridized carbons (Fsp3) is 0.286. The molecule has 0 saturated heterocycles. The lowest BCUT2D eigenvalue weighted by Crippen LogP contribution is -2.42. The number of imide groups is 1. The van der Waals surface area contributed by atoms with E-state index >= 15 is 0 Å². The molecule has 1 aliphatic rings. The molecule has 7 heteroatoms. The average molecular weight is 286 g/mol. The fourth-order valence-corrected chi connectivity index (χ4v) is 1.99. The Morgan fingerprint density at radius 3 is 2.81 bits per heavy atom. The van der Waals surface area contributed by atoms with E-state index in [0.717, 1.165) is 12.8 Å². The molecule has 21 heavy (non-hydrogen) atoms. The second kappa shape index (κ2) is 5.35. The summed E-state index contributed by atoms with van der Waals surface area (Å²) in [6.45, 7) is -0.241. The van der Waals surface area contributed by atoms with Crippen molar-refractivity contribution in [1.29, 1.82) is 0 Å². The molecule has 0 atom stereocenters. The van der Waals surface area contributed by atoms with E-state index < -0.39 is 11.9 Å². The number of carbonyl (C=O) groups excluding carboxylic acids is 2. The SMILES string of the molecule is O=C(Cn1cnc2ccccc2c1=O)NC(=O)NC1CC1. The maximum absolute atomic E-state index is 12.2. The Balaban J connectivity index is 1.72. The lowest BCUT2D eigenvalue weighted by Gasteiger charge is -2.07. The van der Waals surface area contributed by atoms with E-state index in [1.807, 2.05) is 0 Å². The molecule has 1 aromatic carbocycles. The van der Waals surface area contributed by atoms with Crippen LogP contribution in [0.3, 0.4) is 0 Å². The topological polar surface area (TPSA) is 93.1 Å². The van der Waals surface area contributed by atoms with Crippen LogP contribution in [-0.2, 0) is 11.3 Å². The van der Waals surface area contributed by atoms with Gasteiger partial charge in [0.15, 0.2) is 0 Å². The van der Waals surface area contributed by atoms with E-state index in [4.69, 9.17) is 0 Å². The highest BCUT2D eigenvalue weighted by Crippen LogP contribution is 2.18. The number of aromatic nitrogens is 2. The molecule has 1 saturated carbocycles. The number of nitrogens with zero attached hydrogens (tertiary/aromatic N) is 2. The van der Waals surface area contributed by atoms with Gasteiger partial charge >= 0.3 is 6.03 Å². The van der Waals surface area contributed by atoms with Crippen LogP contribution in [0.15, 0.2) is 35.4 Å². The molecule has 108 valence electrons. The van der Waals surface area contributed by atoms with E-state index in [-0.39, 0.29) is 18.1 Å². The van der Waals surface area contributed by atoms with E-state index in [1.54, 1.807) is 24.3 Å². The van der Waals surface area contributed by atoms with Crippen LogP contribution >= 0.6 is 0 Å². The number of hydrogen-bond donors (Lipinski definition) is 2. The van der Waals surface area contributed by atoms with Crippen LogP contribution in [0.4, 0.5) is 4.79 Å². The molecule has 1 aromatic heterocycles. The summed E-state index contributed by atoms with van der Waals surface area (Å²) in [6, 6.07) is 6.54. The van der Waals surface area contributed by atoms with Gasteiger partial charge in [0.2, 0.25) is 5.91 Å². The molecule has 7 nitrogen and oxygen atoms in total. The number of carbonyl (C=O) groups is 2. The van der Waals surface area contributed by atoms with Gasteiger partial charge in [-0.05, 0) is 25.0 Å². The van der Waals surface area contributed by atoms with E-state index in [2.05, 4.69) is 15.6 Å². The number of hydrogen-bond acceptors (Lipinski definition) is 4. The fourth-order valence-electron chi connectivity index (χ4n) is 1.99. The second-order valence-electron chi connectivity index (χ2n) is 4.99. The van der Waals surface area contributed by atoms with Gasteiger partial charge in [-0.3, -0.25) is 19.5 Å². The molecule has 1 heterocycles. The van der Waals surface area contributed by atoms with E-state index in [1.165, 1.54) is 10.9 Å². The highest BCUT2D eigenvalue weighted by Gasteiger charge is 2.23. The van der Waals surface area contributed by atoms with Crippen LogP contribution in [-0.4, -0.2) is 27.5 Å². The number of urea groups is 1. The first kappa shape index (κ1) is 13.3. The lowest BCUT2D eigenvalue weighted by atomic mass is 10.2. The third-order valence-corrected chi connectivity index (χ3v) is 3.21. The molecule has 0 unspecified atom stereocenters. The quantitative estimate of drug-likeness (QED) is 0.853. The molecule has 3 rings (SSSR count). The lowest BCUT2D eigenvalue weighted by molar-refractivity contribution is -0.120. The summed E-state index contributed by atoms with van der Waals surface area (Å²) in [6.07, 6.45) is 3.19. The number of para-hydroxylation sites is 1. The molecule has 2 N–H and O–H groups in total. The van der Waals surface area contributed by atoms with Crippen molar-refractivity contribution in [3.05, 3.63) is 40.9 Å². The summed E-state index contributed by atoms with van der Waals surface area (Å²) >= 11 is 0. The summed E-state index contributed by atoms with van der Waals surface area (Å²) < 4.78 is 1.18. The maximum atomic E-state index is 12.2. The zero-order chi connectivity index (χ0) is 14.8. The number of amides is 3. The van der Waals surface area contributed by atoms with Crippen molar-refractivity contribution in [2.45, 2.75) is 25.4 Å². The summed E-state index contributed by atoms with van der Waals surface area (Å²) in [5, 5.41) is 5.28. The highest BCUT2D eigenvalue weighted by molar-refractivity contribution is 5.94. The standard InChI is InChI=1S/C14H14N4O3/c19-12(17-14(21)16-9-5-6-9)7-18-8-15-11-4-2-1-3-10(11)13(18)20/h1-4,8-9H,5-7H2,(H2,16,17,19,21). The zero-order valence-corrected chi connectivity index (χ0v) is 11.2. The smallest absolute Gasteiger partial charge is 0.321 e. The van der Waals surface area contributed by atoms with Gasteiger partial charge in [0.1, 0.15) is 6.54 Å². The van der Waals surface area contributed by atoms with Crippen molar-refractivity contribution in [2.24, 2.45) is 0 Å². The van der Waals surface area contributed by atoms with Crippen molar-refractivity contribution < 1.29 is 9.59 Å². The molecule has 0 aliphatic heterocycles. The molecule has 2 aromatic rings. The Kier molecular flexibility index (Phi) is 3.39. The molecular formula is C14H14N4O3. The van der Waals surface area contributed by atoms with Crippen LogP contribution < -0.4 is 16.2 Å². The van der Waals surface area contributed by atoms with Gasteiger partial charge in [-0.1, -0.05) is 12.1 Å². The summed E-state index contributed by atoms with van der Waals surface area (Å²) in [4.78, 5) is 39.5. The Morgan fingerprint density at radius 1 is 1.29 bits per heavy atom. The monoisotopic (exact) mass is 286 g/mol. The largest absolute Gasteiger partial charge is 0.335 e. The van der Waals surface area contributed by atoms with E-state index in [0.29, 0.717) is 10.9 Å². The first-order valence-corrected chi connectivity index (χ1v) is 6.68. The Hall–Kier alpha value is -2.70. The van der Waals surface area contributed by atoms with Gasteiger partial charge in [0, 0.05) is 6.04 Å². The number of fused-ring (bicyclic) bond motifs is 1. The Labute approximate surface area is 120 Å². The Bertz CT molecular complexity index is 764. The van der Waals surface area contributed by atoms with E-state index in [9.17, 15) is 14.4 Å². The van der Waals surface area contributed by atoms with Crippen LogP contribution in [0.2, 0.25) is 0 Å². The predicted molar refractivity (Wildman–Crippen MR) is 75.7 cm³/mol. The molecular weight excluding hydrogens is 272 g/mol.